The highest BCUT2D eigenvalue weighted by Gasteiger charge is 2.16. The van der Waals surface area contributed by atoms with Gasteiger partial charge in [0.1, 0.15) is 5.75 Å². The van der Waals surface area contributed by atoms with Crippen molar-refractivity contribution in [3.63, 3.8) is 0 Å². The molecule has 0 aromatic carbocycles. The van der Waals surface area contributed by atoms with Crippen molar-refractivity contribution in [2.45, 2.75) is 26.6 Å². The average molecular weight is 181 g/mol. The fraction of sp³-hybridized carbons (Fsp3) is 0.444. The lowest BCUT2D eigenvalue weighted by atomic mass is 10.3. The number of aryl methyl sites for hydroxylation is 1. The summed E-state index contributed by atoms with van der Waals surface area (Å²) in [5, 5.41) is 0. The molecule has 1 aromatic heterocycles. The molecule has 0 unspecified atom stereocenters. The Kier molecular flexibility index (Phi) is 2.52. The first-order valence-corrected chi connectivity index (χ1v) is 7.49. The van der Waals surface area contributed by atoms with Crippen LogP contribution in [0.1, 0.15) is 5.56 Å². The third-order valence-electron chi connectivity index (χ3n) is 1.41. The summed E-state index contributed by atoms with van der Waals surface area (Å²) in [7, 11) is -1.47. The summed E-state index contributed by atoms with van der Waals surface area (Å²) < 4.78 is 5.81. The summed E-state index contributed by atoms with van der Waals surface area (Å²) in [5.41, 5.74) is 1.16. The molecule has 66 valence electrons. The van der Waals surface area contributed by atoms with E-state index in [9.17, 15) is 0 Å². The first-order chi connectivity index (χ1) is 5.49. The fourth-order valence-corrected chi connectivity index (χ4v) is 1.76. The lowest BCUT2D eigenvalue weighted by Gasteiger charge is -2.19. The van der Waals surface area contributed by atoms with Crippen molar-refractivity contribution in [3.8, 4) is 5.75 Å². The number of hydrogen-bond acceptors (Lipinski definition) is 2. The molecule has 0 aliphatic heterocycles. The fourth-order valence-electron chi connectivity index (χ4n) is 0.886. The summed E-state index contributed by atoms with van der Waals surface area (Å²) in [6.07, 6.45) is 3.57. The number of rotatable bonds is 2. The summed E-state index contributed by atoms with van der Waals surface area (Å²) >= 11 is 0. The van der Waals surface area contributed by atoms with Gasteiger partial charge in [-0.2, -0.15) is 0 Å². The normalized spacial score (nSPS) is 11.3. The van der Waals surface area contributed by atoms with Crippen molar-refractivity contribution in [1.29, 1.82) is 0 Å². The summed E-state index contributed by atoms with van der Waals surface area (Å²) in [6, 6.07) is 1.97. The molecular formula is C9H15NOSi. The van der Waals surface area contributed by atoms with Crippen molar-refractivity contribution in [1.82, 2.24) is 4.98 Å². The molecule has 2 nitrogen and oxygen atoms in total. The van der Waals surface area contributed by atoms with Gasteiger partial charge >= 0.3 is 0 Å². The van der Waals surface area contributed by atoms with Gasteiger partial charge in [-0.3, -0.25) is 4.98 Å². The highest BCUT2D eigenvalue weighted by molar-refractivity contribution is 6.70. The number of aromatic nitrogens is 1. The second-order valence-electron chi connectivity index (χ2n) is 3.86. The summed E-state index contributed by atoms with van der Waals surface area (Å²) in [4.78, 5) is 4.03. The van der Waals surface area contributed by atoms with Crippen molar-refractivity contribution < 1.29 is 4.43 Å². The Labute approximate surface area is 74.7 Å². The Morgan fingerprint density at radius 2 is 2.00 bits per heavy atom. The van der Waals surface area contributed by atoms with E-state index >= 15 is 0 Å². The molecule has 1 heterocycles. The van der Waals surface area contributed by atoms with Gasteiger partial charge in [0.15, 0.2) is 0 Å². The number of pyridine rings is 1. The van der Waals surface area contributed by atoms with Crippen LogP contribution in [0.5, 0.6) is 5.75 Å². The molecule has 0 fully saturated rings. The second-order valence-corrected chi connectivity index (χ2v) is 8.28. The molecule has 0 saturated carbocycles. The molecule has 0 amide bonds. The quantitative estimate of drug-likeness (QED) is 0.654. The van der Waals surface area contributed by atoms with E-state index in [1.165, 1.54) is 0 Å². The Morgan fingerprint density at radius 3 is 2.50 bits per heavy atom. The van der Waals surface area contributed by atoms with Gasteiger partial charge < -0.3 is 4.43 Å². The minimum atomic E-state index is -1.47. The zero-order valence-corrected chi connectivity index (χ0v) is 9.09. The molecule has 1 aromatic rings. The maximum absolute atomic E-state index is 5.81. The Morgan fingerprint density at radius 1 is 1.33 bits per heavy atom. The smallest absolute Gasteiger partial charge is 0.242 e. The predicted molar refractivity (Wildman–Crippen MR) is 52.9 cm³/mol. The molecule has 0 aliphatic carbocycles. The van der Waals surface area contributed by atoms with Gasteiger partial charge in [0, 0.05) is 6.20 Å². The Balaban J connectivity index is 2.83. The maximum Gasteiger partial charge on any atom is 0.242 e. The van der Waals surface area contributed by atoms with E-state index in [2.05, 4.69) is 24.6 Å². The monoisotopic (exact) mass is 181 g/mol. The average Bonchev–Trinajstić information content (AvgIpc) is 1.91. The lowest BCUT2D eigenvalue weighted by molar-refractivity contribution is 0.550. The maximum atomic E-state index is 5.81. The zero-order valence-electron chi connectivity index (χ0n) is 8.09. The van der Waals surface area contributed by atoms with Crippen molar-refractivity contribution in [2.24, 2.45) is 0 Å². The van der Waals surface area contributed by atoms with Crippen LogP contribution in [0.4, 0.5) is 0 Å². The summed E-state index contributed by atoms with van der Waals surface area (Å²) in [6.45, 7) is 8.54. The van der Waals surface area contributed by atoms with E-state index in [1.54, 1.807) is 12.4 Å². The van der Waals surface area contributed by atoms with E-state index in [-0.39, 0.29) is 0 Å². The zero-order chi connectivity index (χ0) is 9.19. The van der Waals surface area contributed by atoms with Gasteiger partial charge in [-0.05, 0) is 38.2 Å². The van der Waals surface area contributed by atoms with E-state index in [0.29, 0.717) is 0 Å². The first-order valence-electron chi connectivity index (χ1n) is 4.09. The van der Waals surface area contributed by atoms with Crippen LogP contribution < -0.4 is 4.43 Å². The van der Waals surface area contributed by atoms with E-state index in [0.717, 1.165) is 11.3 Å². The van der Waals surface area contributed by atoms with Gasteiger partial charge in [0.2, 0.25) is 8.32 Å². The third kappa shape index (κ3) is 2.66. The van der Waals surface area contributed by atoms with Gasteiger partial charge in [-0.1, -0.05) is 0 Å². The highest BCUT2D eigenvalue weighted by Crippen LogP contribution is 2.18. The van der Waals surface area contributed by atoms with Crippen LogP contribution >= 0.6 is 0 Å². The number of hydrogen-bond donors (Lipinski definition) is 0. The molecule has 0 N–H and O–H groups in total. The molecular weight excluding hydrogens is 166 g/mol. The molecule has 0 bridgehead atoms. The lowest BCUT2D eigenvalue weighted by Crippen LogP contribution is -2.29. The molecule has 1 rings (SSSR count). The predicted octanol–water partition coefficient (Wildman–Crippen LogP) is 2.60. The van der Waals surface area contributed by atoms with Crippen molar-refractivity contribution >= 4 is 8.32 Å². The van der Waals surface area contributed by atoms with Crippen LogP contribution in [0.3, 0.4) is 0 Å². The van der Waals surface area contributed by atoms with Crippen LogP contribution in [-0.2, 0) is 0 Å². The van der Waals surface area contributed by atoms with Crippen LogP contribution in [0.25, 0.3) is 0 Å². The minimum absolute atomic E-state index is 0.927. The van der Waals surface area contributed by atoms with Crippen LogP contribution in [0, 0.1) is 6.92 Å². The van der Waals surface area contributed by atoms with Crippen molar-refractivity contribution in [3.05, 3.63) is 24.0 Å². The standard InChI is InChI=1S/C9H15NOSi/c1-8-5-6-10-7-9(8)11-12(2,3)4/h5-7H,1-4H3. The molecule has 0 aliphatic rings. The van der Waals surface area contributed by atoms with Gasteiger partial charge in [-0.25, -0.2) is 0 Å². The Hall–Kier alpha value is -0.833. The SMILES string of the molecule is Cc1ccncc1O[Si](C)(C)C. The van der Waals surface area contributed by atoms with Crippen LogP contribution in [-0.4, -0.2) is 13.3 Å². The third-order valence-corrected chi connectivity index (χ3v) is 2.24. The minimum Gasteiger partial charge on any atom is -0.543 e. The molecule has 0 spiro atoms. The molecule has 0 saturated heterocycles. The molecule has 0 atom stereocenters. The second kappa shape index (κ2) is 3.27. The van der Waals surface area contributed by atoms with Crippen LogP contribution in [0.15, 0.2) is 18.5 Å². The topological polar surface area (TPSA) is 22.1 Å². The Bertz CT molecular complexity index is 267. The van der Waals surface area contributed by atoms with E-state index in [1.807, 2.05) is 13.0 Å². The molecule has 3 heteroatoms. The van der Waals surface area contributed by atoms with E-state index in [4.69, 9.17) is 4.43 Å². The van der Waals surface area contributed by atoms with Gasteiger partial charge in [0.05, 0.1) is 6.20 Å². The molecule has 0 radical (unpaired) electrons. The van der Waals surface area contributed by atoms with Gasteiger partial charge in [0.25, 0.3) is 0 Å². The number of nitrogens with zero attached hydrogens (tertiary/aromatic N) is 1. The van der Waals surface area contributed by atoms with Crippen molar-refractivity contribution in [2.75, 3.05) is 0 Å². The molecule has 12 heavy (non-hydrogen) atoms. The largest absolute Gasteiger partial charge is 0.543 e. The first kappa shape index (κ1) is 9.26. The van der Waals surface area contributed by atoms with E-state index < -0.39 is 8.32 Å². The van der Waals surface area contributed by atoms with Gasteiger partial charge in [-0.15, -0.1) is 0 Å². The summed E-state index contributed by atoms with van der Waals surface area (Å²) in [5.74, 6) is 0.927. The van der Waals surface area contributed by atoms with Crippen LogP contribution in [0.2, 0.25) is 19.6 Å². The highest BCUT2D eigenvalue weighted by atomic mass is 28.4.